The predicted molar refractivity (Wildman–Crippen MR) is 119 cm³/mol. The van der Waals surface area contributed by atoms with Gasteiger partial charge in [0.05, 0.1) is 5.54 Å². The number of nitrogens with one attached hydrogen (secondary N) is 3. The molecule has 0 bridgehead atoms. The Morgan fingerprint density at radius 2 is 1.96 bits per heavy atom. The lowest BCUT2D eigenvalue weighted by Crippen LogP contribution is -2.35. The summed E-state index contributed by atoms with van der Waals surface area (Å²) in [6, 6.07) is 16.5. The number of anilines is 1. The van der Waals surface area contributed by atoms with E-state index < -0.39 is 0 Å². The van der Waals surface area contributed by atoms with Crippen LogP contribution in [0.1, 0.15) is 54.2 Å². The number of hydrogen-bond acceptors (Lipinski definition) is 3. The van der Waals surface area contributed by atoms with Gasteiger partial charge in [-0.1, -0.05) is 55.6 Å². The molecular weight excluding hydrogens is 366 g/mol. The van der Waals surface area contributed by atoms with E-state index in [0.29, 0.717) is 5.69 Å². The summed E-state index contributed by atoms with van der Waals surface area (Å²) in [5.41, 5.74) is 4.71. The van der Waals surface area contributed by atoms with Gasteiger partial charge in [-0.25, -0.2) is 0 Å². The third kappa shape index (κ3) is 3.76. The summed E-state index contributed by atoms with van der Waals surface area (Å²) in [7, 11) is 0. The normalized spacial score (nSPS) is 14.8. The van der Waals surface area contributed by atoms with Gasteiger partial charge in [0.25, 0.3) is 5.91 Å². The predicted octanol–water partition coefficient (Wildman–Crippen LogP) is 5.76. The summed E-state index contributed by atoms with van der Waals surface area (Å²) in [4.78, 5) is 16.4. The molecule has 3 aromatic rings. The highest BCUT2D eigenvalue weighted by molar-refractivity contribution is 8.00. The zero-order valence-electron chi connectivity index (χ0n) is 16.5. The molecule has 0 aliphatic heterocycles. The minimum absolute atomic E-state index is 0.0260. The smallest absolute Gasteiger partial charge is 0.268 e. The summed E-state index contributed by atoms with van der Waals surface area (Å²) in [5, 5.41) is 4.37. The monoisotopic (exact) mass is 393 g/mol. The van der Waals surface area contributed by atoms with Crippen molar-refractivity contribution in [1.29, 1.82) is 0 Å². The average Bonchev–Trinajstić information content (AvgIpc) is 3.43. The molecule has 2 aromatic carbocycles. The molecule has 1 saturated carbocycles. The van der Waals surface area contributed by atoms with Crippen LogP contribution in [-0.2, 0) is 5.54 Å². The van der Waals surface area contributed by atoms with Crippen molar-refractivity contribution in [3.8, 4) is 0 Å². The van der Waals surface area contributed by atoms with E-state index >= 15 is 0 Å². The van der Waals surface area contributed by atoms with Gasteiger partial charge >= 0.3 is 0 Å². The van der Waals surface area contributed by atoms with Gasteiger partial charge < -0.3 is 15.0 Å². The molecule has 4 nitrogen and oxygen atoms in total. The van der Waals surface area contributed by atoms with E-state index in [4.69, 9.17) is 0 Å². The number of fused-ring (bicyclic) bond motifs is 1. The van der Waals surface area contributed by atoms with Gasteiger partial charge in [-0.3, -0.25) is 4.79 Å². The van der Waals surface area contributed by atoms with E-state index in [1.807, 2.05) is 31.2 Å². The van der Waals surface area contributed by atoms with Crippen LogP contribution in [-0.4, -0.2) is 16.6 Å². The lowest BCUT2D eigenvalue weighted by Gasteiger charge is -2.17. The molecule has 1 fully saturated rings. The molecule has 1 aliphatic rings. The van der Waals surface area contributed by atoms with Gasteiger partial charge in [-0.05, 0) is 55.5 Å². The maximum absolute atomic E-state index is 13.0. The minimum atomic E-state index is -0.204. The Morgan fingerprint density at radius 3 is 2.68 bits per heavy atom. The van der Waals surface area contributed by atoms with Gasteiger partial charge in [0, 0.05) is 22.3 Å². The highest BCUT2D eigenvalue weighted by Gasteiger charge is 2.45. The molecule has 1 amide bonds. The number of amides is 1. The first-order valence-corrected chi connectivity index (χ1v) is 11.0. The average molecular weight is 394 g/mol. The van der Waals surface area contributed by atoms with Crippen molar-refractivity contribution >= 4 is 34.4 Å². The molecule has 3 N–H and O–H groups in total. The maximum Gasteiger partial charge on any atom is 0.268 e. The molecule has 0 unspecified atom stereocenters. The molecule has 0 radical (unpaired) electrons. The minimum Gasteiger partial charge on any atom is -0.350 e. The zero-order chi connectivity index (χ0) is 19.6. The molecular formula is C23H27N3OS. The third-order valence-electron chi connectivity index (χ3n) is 5.50. The van der Waals surface area contributed by atoms with Crippen LogP contribution in [0, 0.1) is 6.92 Å². The molecule has 4 rings (SSSR count). The van der Waals surface area contributed by atoms with Gasteiger partial charge in [0.1, 0.15) is 5.69 Å². The van der Waals surface area contributed by atoms with E-state index in [9.17, 15) is 4.79 Å². The number of aromatic amines is 1. The second-order valence-electron chi connectivity index (χ2n) is 7.59. The number of benzene rings is 2. The van der Waals surface area contributed by atoms with Crippen LogP contribution in [0.4, 0.5) is 5.69 Å². The Balaban J connectivity index is 1.52. The van der Waals surface area contributed by atoms with Crippen molar-refractivity contribution in [2.24, 2.45) is 0 Å². The molecule has 1 heterocycles. The largest absolute Gasteiger partial charge is 0.350 e. The summed E-state index contributed by atoms with van der Waals surface area (Å²) < 4.78 is 3.41. The topological polar surface area (TPSA) is 56.9 Å². The van der Waals surface area contributed by atoms with Crippen LogP contribution < -0.4 is 10.0 Å². The Morgan fingerprint density at radius 1 is 1.18 bits per heavy atom. The summed E-state index contributed by atoms with van der Waals surface area (Å²) in [5.74, 6) is 1.07. The quantitative estimate of drug-likeness (QED) is 0.337. The van der Waals surface area contributed by atoms with Gasteiger partial charge in [-0.15, -0.1) is 0 Å². The Hall–Kier alpha value is -2.40. The van der Waals surface area contributed by atoms with Crippen molar-refractivity contribution in [1.82, 2.24) is 10.3 Å². The van der Waals surface area contributed by atoms with Crippen molar-refractivity contribution in [3.63, 3.8) is 0 Å². The van der Waals surface area contributed by atoms with Gasteiger partial charge in [-0.2, -0.15) is 0 Å². The molecule has 0 saturated heterocycles. The molecule has 1 aliphatic carbocycles. The number of aromatic nitrogens is 1. The second-order valence-corrected chi connectivity index (χ2v) is 8.49. The lowest BCUT2D eigenvalue weighted by atomic mass is 10.0. The SMILES string of the molecule is CCCCSNc1ccc2[nH]c(C(=O)NC3(c4ccccc4)CC3)c(C)c2c1. The first-order chi connectivity index (χ1) is 13.6. The van der Waals surface area contributed by atoms with Gasteiger partial charge in [0.15, 0.2) is 0 Å². The number of rotatable bonds is 8. The second kappa shape index (κ2) is 7.92. The third-order valence-corrected chi connectivity index (χ3v) is 6.38. The number of carbonyl (C=O) groups is 1. The number of aryl methyl sites for hydroxylation is 1. The Labute approximate surface area is 170 Å². The maximum atomic E-state index is 13.0. The van der Waals surface area contributed by atoms with E-state index in [2.05, 4.69) is 46.2 Å². The first-order valence-electron chi connectivity index (χ1n) is 10.0. The molecule has 5 heteroatoms. The van der Waals surface area contributed by atoms with Gasteiger partial charge in [0.2, 0.25) is 0 Å². The van der Waals surface area contributed by atoms with Crippen LogP contribution >= 0.6 is 11.9 Å². The van der Waals surface area contributed by atoms with Crippen LogP contribution in [0.5, 0.6) is 0 Å². The lowest BCUT2D eigenvalue weighted by molar-refractivity contribution is 0.0926. The van der Waals surface area contributed by atoms with Crippen molar-refractivity contribution in [2.75, 3.05) is 10.5 Å². The van der Waals surface area contributed by atoms with E-state index in [1.54, 1.807) is 11.9 Å². The molecule has 0 spiro atoms. The fourth-order valence-corrected chi connectivity index (χ4v) is 4.44. The molecule has 146 valence electrons. The molecule has 28 heavy (non-hydrogen) atoms. The summed E-state index contributed by atoms with van der Waals surface area (Å²) in [6.07, 6.45) is 4.39. The molecule has 0 atom stereocenters. The fraction of sp³-hybridized carbons (Fsp3) is 0.348. The first kappa shape index (κ1) is 18.9. The molecule has 1 aromatic heterocycles. The zero-order valence-corrected chi connectivity index (χ0v) is 17.3. The van der Waals surface area contributed by atoms with Crippen molar-refractivity contribution in [3.05, 3.63) is 65.4 Å². The van der Waals surface area contributed by atoms with Crippen LogP contribution in [0.25, 0.3) is 10.9 Å². The van der Waals surface area contributed by atoms with Crippen molar-refractivity contribution in [2.45, 2.75) is 45.1 Å². The number of carbonyl (C=O) groups excluding carboxylic acids is 1. The van der Waals surface area contributed by atoms with E-state index in [-0.39, 0.29) is 11.4 Å². The fourth-order valence-electron chi connectivity index (χ4n) is 3.62. The van der Waals surface area contributed by atoms with Crippen LogP contribution in [0.2, 0.25) is 0 Å². The standard InChI is InChI=1S/C23H27N3OS/c1-3-4-14-28-26-18-10-11-20-19(15-18)16(2)21(24-20)22(27)25-23(12-13-23)17-8-6-5-7-9-17/h5-11,15,24,26H,3-4,12-14H2,1-2H3,(H,25,27). The highest BCUT2D eigenvalue weighted by atomic mass is 32.2. The Bertz CT molecular complexity index is 976. The van der Waals surface area contributed by atoms with Crippen molar-refractivity contribution < 1.29 is 4.79 Å². The van der Waals surface area contributed by atoms with E-state index in [1.165, 1.54) is 18.4 Å². The summed E-state index contributed by atoms with van der Waals surface area (Å²) >= 11 is 1.73. The Kier molecular flexibility index (Phi) is 5.36. The highest BCUT2D eigenvalue weighted by Crippen LogP contribution is 2.45. The number of H-pyrrole nitrogens is 1. The van der Waals surface area contributed by atoms with Crippen LogP contribution in [0.3, 0.4) is 0 Å². The number of unbranched alkanes of at least 4 members (excludes halogenated alkanes) is 1. The van der Waals surface area contributed by atoms with Crippen LogP contribution in [0.15, 0.2) is 48.5 Å². The van der Waals surface area contributed by atoms with E-state index in [0.717, 1.165) is 40.7 Å². The number of hydrogen-bond donors (Lipinski definition) is 3. The summed E-state index contributed by atoms with van der Waals surface area (Å²) in [6.45, 7) is 4.22.